The molecular formula is C21H25N3O. The number of aromatic amines is 1. The van der Waals surface area contributed by atoms with E-state index in [1.54, 1.807) is 0 Å². The molecule has 4 nitrogen and oxygen atoms in total. The lowest BCUT2D eigenvalue weighted by atomic mass is 10.0. The van der Waals surface area contributed by atoms with Crippen molar-refractivity contribution in [1.82, 2.24) is 15.3 Å². The molecule has 25 heavy (non-hydrogen) atoms. The highest BCUT2D eigenvalue weighted by Gasteiger charge is 2.14. The van der Waals surface area contributed by atoms with Crippen molar-refractivity contribution in [2.75, 3.05) is 6.54 Å². The molecule has 0 aliphatic carbocycles. The van der Waals surface area contributed by atoms with E-state index in [1.165, 1.54) is 16.5 Å². The molecule has 0 saturated heterocycles. The smallest absolute Gasteiger partial charge is 0.220 e. The van der Waals surface area contributed by atoms with E-state index in [0.29, 0.717) is 6.42 Å². The molecule has 1 aromatic carbocycles. The number of fused-ring (bicyclic) bond motifs is 1. The number of nitrogens with zero attached hydrogens (tertiary/aromatic N) is 1. The van der Waals surface area contributed by atoms with Crippen LogP contribution in [-0.2, 0) is 11.2 Å². The van der Waals surface area contributed by atoms with Gasteiger partial charge in [-0.1, -0.05) is 24.6 Å². The third kappa shape index (κ3) is 4.08. The minimum absolute atomic E-state index is 0.136. The van der Waals surface area contributed by atoms with Gasteiger partial charge in [-0.25, -0.2) is 0 Å². The number of hydrogen-bond acceptors (Lipinski definition) is 2. The van der Waals surface area contributed by atoms with E-state index >= 15 is 0 Å². The van der Waals surface area contributed by atoms with Crippen LogP contribution >= 0.6 is 0 Å². The zero-order chi connectivity index (χ0) is 17.6. The number of hydrogen-bond donors (Lipinski definition) is 2. The van der Waals surface area contributed by atoms with E-state index in [-0.39, 0.29) is 5.91 Å². The normalized spacial score (nSPS) is 11.0. The molecule has 3 aromatic rings. The number of carbonyl (C=O) groups is 1. The van der Waals surface area contributed by atoms with E-state index in [1.807, 2.05) is 24.4 Å². The SMILES string of the molecule is CCCNC(=O)CCCc1c(-c2ccccn2)[nH]c2ccc(C)cc12. The Morgan fingerprint density at radius 3 is 2.88 bits per heavy atom. The fourth-order valence-corrected chi connectivity index (χ4v) is 3.13. The topological polar surface area (TPSA) is 57.8 Å². The van der Waals surface area contributed by atoms with Gasteiger partial charge < -0.3 is 10.3 Å². The molecule has 0 aliphatic rings. The zero-order valence-corrected chi connectivity index (χ0v) is 14.9. The Hall–Kier alpha value is -2.62. The molecule has 0 saturated carbocycles. The minimum Gasteiger partial charge on any atom is -0.356 e. The Kier molecular flexibility index (Phi) is 5.49. The van der Waals surface area contributed by atoms with Gasteiger partial charge in [0.1, 0.15) is 0 Å². The maximum atomic E-state index is 11.9. The molecule has 1 amide bonds. The number of aryl methyl sites for hydroxylation is 2. The summed E-state index contributed by atoms with van der Waals surface area (Å²) in [4.78, 5) is 19.9. The third-order valence-electron chi connectivity index (χ3n) is 4.39. The maximum absolute atomic E-state index is 11.9. The van der Waals surface area contributed by atoms with Crippen molar-refractivity contribution in [1.29, 1.82) is 0 Å². The summed E-state index contributed by atoms with van der Waals surface area (Å²) >= 11 is 0. The largest absolute Gasteiger partial charge is 0.356 e. The average molecular weight is 335 g/mol. The minimum atomic E-state index is 0.136. The molecule has 2 aromatic heterocycles. The standard InChI is InChI=1S/C21H25N3O/c1-3-12-23-20(25)9-6-7-16-17-14-15(2)10-11-18(17)24-21(16)19-8-4-5-13-22-19/h4-5,8,10-11,13-14,24H,3,6-7,9,12H2,1-2H3,(H,23,25). The van der Waals surface area contributed by atoms with Gasteiger partial charge in [0.2, 0.25) is 5.91 Å². The second-order valence-electron chi connectivity index (χ2n) is 6.45. The van der Waals surface area contributed by atoms with Crippen molar-refractivity contribution in [2.24, 2.45) is 0 Å². The molecular weight excluding hydrogens is 310 g/mol. The number of amides is 1. The second-order valence-corrected chi connectivity index (χ2v) is 6.45. The monoisotopic (exact) mass is 335 g/mol. The van der Waals surface area contributed by atoms with Crippen LogP contribution in [0.1, 0.15) is 37.3 Å². The Balaban J connectivity index is 1.86. The van der Waals surface area contributed by atoms with Gasteiger partial charge in [0.25, 0.3) is 0 Å². The van der Waals surface area contributed by atoms with Crippen molar-refractivity contribution < 1.29 is 4.79 Å². The summed E-state index contributed by atoms with van der Waals surface area (Å²) in [6.45, 7) is 4.92. The van der Waals surface area contributed by atoms with Gasteiger partial charge in [-0.2, -0.15) is 0 Å². The van der Waals surface area contributed by atoms with Crippen LogP contribution < -0.4 is 5.32 Å². The number of aromatic nitrogens is 2. The maximum Gasteiger partial charge on any atom is 0.220 e. The lowest BCUT2D eigenvalue weighted by molar-refractivity contribution is -0.121. The molecule has 0 atom stereocenters. The van der Waals surface area contributed by atoms with Crippen LogP contribution in [0.15, 0.2) is 42.6 Å². The first-order chi connectivity index (χ1) is 12.2. The fourth-order valence-electron chi connectivity index (χ4n) is 3.13. The summed E-state index contributed by atoms with van der Waals surface area (Å²) in [6, 6.07) is 12.4. The third-order valence-corrected chi connectivity index (χ3v) is 4.39. The van der Waals surface area contributed by atoms with E-state index in [4.69, 9.17) is 0 Å². The summed E-state index contributed by atoms with van der Waals surface area (Å²) in [5, 5.41) is 4.18. The van der Waals surface area contributed by atoms with Crippen LogP contribution in [0.2, 0.25) is 0 Å². The Morgan fingerprint density at radius 1 is 1.24 bits per heavy atom. The Labute approximate surface area is 148 Å². The van der Waals surface area contributed by atoms with Crippen LogP contribution in [0.25, 0.3) is 22.3 Å². The van der Waals surface area contributed by atoms with Crippen molar-refractivity contribution in [3.63, 3.8) is 0 Å². The number of pyridine rings is 1. The summed E-state index contributed by atoms with van der Waals surface area (Å²) in [7, 11) is 0. The first-order valence-corrected chi connectivity index (χ1v) is 8.98. The molecule has 0 fully saturated rings. The van der Waals surface area contributed by atoms with Crippen molar-refractivity contribution >= 4 is 16.8 Å². The number of nitrogens with one attached hydrogen (secondary N) is 2. The lowest BCUT2D eigenvalue weighted by Crippen LogP contribution is -2.23. The molecule has 4 heteroatoms. The van der Waals surface area contributed by atoms with Gasteiger partial charge in [0.15, 0.2) is 0 Å². The van der Waals surface area contributed by atoms with Crippen molar-refractivity contribution in [3.8, 4) is 11.4 Å². The van der Waals surface area contributed by atoms with Crippen molar-refractivity contribution in [3.05, 3.63) is 53.7 Å². The van der Waals surface area contributed by atoms with Gasteiger partial charge in [0.05, 0.1) is 11.4 Å². The molecule has 0 aliphatic heterocycles. The summed E-state index contributed by atoms with van der Waals surface area (Å²) in [5.41, 5.74) is 5.62. The number of rotatable bonds is 7. The van der Waals surface area contributed by atoms with Crippen LogP contribution in [-0.4, -0.2) is 22.4 Å². The highest BCUT2D eigenvalue weighted by molar-refractivity contribution is 5.90. The van der Waals surface area contributed by atoms with Gasteiger partial charge in [-0.15, -0.1) is 0 Å². The van der Waals surface area contributed by atoms with Crippen LogP contribution in [0.5, 0.6) is 0 Å². The fraction of sp³-hybridized carbons (Fsp3) is 0.333. The van der Waals surface area contributed by atoms with Crippen LogP contribution in [0.4, 0.5) is 0 Å². The van der Waals surface area contributed by atoms with Crippen LogP contribution in [0, 0.1) is 6.92 Å². The van der Waals surface area contributed by atoms with E-state index in [0.717, 1.165) is 42.7 Å². The van der Waals surface area contributed by atoms with Crippen LogP contribution in [0.3, 0.4) is 0 Å². The predicted octanol–water partition coefficient (Wildman–Crippen LogP) is 4.39. The van der Waals surface area contributed by atoms with Crippen molar-refractivity contribution in [2.45, 2.75) is 39.5 Å². The van der Waals surface area contributed by atoms with E-state index in [9.17, 15) is 4.79 Å². The molecule has 0 spiro atoms. The predicted molar refractivity (Wildman–Crippen MR) is 103 cm³/mol. The number of H-pyrrole nitrogens is 1. The summed E-state index contributed by atoms with van der Waals surface area (Å²) < 4.78 is 0. The number of benzene rings is 1. The highest BCUT2D eigenvalue weighted by Crippen LogP contribution is 2.31. The Bertz CT molecular complexity index is 852. The zero-order valence-electron chi connectivity index (χ0n) is 14.9. The first kappa shape index (κ1) is 17.2. The Morgan fingerprint density at radius 2 is 2.12 bits per heavy atom. The first-order valence-electron chi connectivity index (χ1n) is 8.98. The lowest BCUT2D eigenvalue weighted by Gasteiger charge is -2.06. The highest BCUT2D eigenvalue weighted by atomic mass is 16.1. The summed E-state index contributed by atoms with van der Waals surface area (Å²) in [6.07, 6.45) is 5.02. The molecule has 2 N–H and O–H groups in total. The van der Waals surface area contributed by atoms with E-state index in [2.05, 4.69) is 47.3 Å². The van der Waals surface area contributed by atoms with Gasteiger partial charge in [-0.3, -0.25) is 9.78 Å². The average Bonchev–Trinajstić information content (AvgIpc) is 2.98. The molecule has 0 bridgehead atoms. The molecule has 3 rings (SSSR count). The van der Waals surface area contributed by atoms with Gasteiger partial charge >= 0.3 is 0 Å². The molecule has 0 unspecified atom stereocenters. The van der Waals surface area contributed by atoms with E-state index < -0.39 is 0 Å². The molecule has 2 heterocycles. The molecule has 130 valence electrons. The number of carbonyl (C=O) groups excluding carboxylic acids is 1. The second kappa shape index (κ2) is 7.97. The summed E-state index contributed by atoms with van der Waals surface area (Å²) in [5.74, 6) is 0.136. The quantitative estimate of drug-likeness (QED) is 0.673. The van der Waals surface area contributed by atoms with Gasteiger partial charge in [-0.05, 0) is 56.0 Å². The van der Waals surface area contributed by atoms with Gasteiger partial charge in [0, 0.05) is 30.1 Å². The molecule has 0 radical (unpaired) electrons.